The van der Waals surface area contributed by atoms with Crippen LogP contribution in [-0.2, 0) is 21.5 Å². The van der Waals surface area contributed by atoms with E-state index in [0.29, 0.717) is 13.1 Å². The summed E-state index contributed by atoms with van der Waals surface area (Å²) in [5.41, 5.74) is 7.16. The molecule has 7 heteroatoms. The number of hydrogen-bond donors (Lipinski definition) is 2. The lowest BCUT2D eigenvalue weighted by Gasteiger charge is -2.33. The van der Waals surface area contributed by atoms with Gasteiger partial charge in [-0.1, -0.05) is 20.8 Å². The fourth-order valence-corrected chi connectivity index (χ4v) is 3.09. The van der Waals surface area contributed by atoms with E-state index in [1.165, 1.54) is 0 Å². The molecule has 1 aromatic rings. The van der Waals surface area contributed by atoms with Crippen LogP contribution in [0.3, 0.4) is 0 Å². The molecule has 0 bridgehead atoms. The van der Waals surface area contributed by atoms with Gasteiger partial charge in [-0.05, 0) is 25.5 Å². The Morgan fingerprint density at radius 2 is 2.17 bits per heavy atom. The molecule has 1 aromatic heterocycles. The molecule has 7 nitrogen and oxygen atoms in total. The third-order valence-corrected chi connectivity index (χ3v) is 4.42. The number of aromatic nitrogens is 2. The van der Waals surface area contributed by atoms with E-state index in [9.17, 15) is 9.59 Å². The fraction of sp³-hybridized carbons (Fsp3) is 0.706. The van der Waals surface area contributed by atoms with Crippen LogP contribution in [0.2, 0.25) is 0 Å². The smallest absolute Gasteiger partial charge is 0.231 e. The van der Waals surface area contributed by atoms with Gasteiger partial charge < -0.3 is 10.6 Å². The average Bonchev–Trinajstić information content (AvgIpc) is 2.94. The highest BCUT2D eigenvalue weighted by atomic mass is 16.2. The summed E-state index contributed by atoms with van der Waals surface area (Å²) in [5, 5.41) is 7.35. The molecule has 0 spiro atoms. The standard InChI is InChI=1S/C17H29N5O2/c1-17(2,3)14-8-13(19-20-14)10-21(4)16(24)12-6-5-7-22(9-12)11-15(18)23/h8,12H,5-7,9-11H2,1-4H3,(H2,18,23)(H,19,20)/t12-/m1/s1. The minimum atomic E-state index is -0.344. The maximum atomic E-state index is 12.7. The lowest BCUT2D eigenvalue weighted by atomic mass is 9.92. The summed E-state index contributed by atoms with van der Waals surface area (Å²) in [7, 11) is 1.81. The van der Waals surface area contributed by atoms with E-state index in [2.05, 4.69) is 31.0 Å². The van der Waals surface area contributed by atoms with Gasteiger partial charge in [-0.3, -0.25) is 19.6 Å². The Labute approximate surface area is 143 Å². The van der Waals surface area contributed by atoms with Crippen molar-refractivity contribution in [3.05, 3.63) is 17.5 Å². The number of rotatable bonds is 5. The first-order valence-electron chi connectivity index (χ1n) is 8.47. The third-order valence-electron chi connectivity index (χ3n) is 4.42. The normalized spacial score (nSPS) is 19.2. The van der Waals surface area contributed by atoms with Crippen LogP contribution in [0.4, 0.5) is 0 Å². The molecule has 134 valence electrons. The molecule has 0 aliphatic carbocycles. The molecule has 3 N–H and O–H groups in total. The number of hydrogen-bond acceptors (Lipinski definition) is 4. The van der Waals surface area contributed by atoms with Crippen LogP contribution in [0.25, 0.3) is 0 Å². The molecule has 1 aliphatic heterocycles. The summed E-state index contributed by atoms with van der Waals surface area (Å²) in [6.07, 6.45) is 1.77. The van der Waals surface area contributed by atoms with Crippen molar-refractivity contribution in [2.45, 2.75) is 45.6 Å². The first-order valence-corrected chi connectivity index (χ1v) is 8.47. The lowest BCUT2D eigenvalue weighted by molar-refractivity contribution is -0.137. The Hall–Kier alpha value is -1.89. The number of carbonyl (C=O) groups excluding carboxylic acids is 2. The SMILES string of the molecule is CN(Cc1cc(C(C)(C)C)n[nH]1)C(=O)[C@@H]1CCCN(CC(N)=O)C1. The van der Waals surface area contributed by atoms with Gasteiger partial charge in [0.05, 0.1) is 30.4 Å². The minimum absolute atomic E-state index is 0.0179. The van der Waals surface area contributed by atoms with Gasteiger partial charge in [0.25, 0.3) is 0 Å². The number of aromatic amines is 1. The van der Waals surface area contributed by atoms with Crippen molar-refractivity contribution in [1.29, 1.82) is 0 Å². The summed E-state index contributed by atoms with van der Waals surface area (Å²) < 4.78 is 0. The van der Waals surface area contributed by atoms with Crippen LogP contribution >= 0.6 is 0 Å². The zero-order chi connectivity index (χ0) is 17.9. The van der Waals surface area contributed by atoms with E-state index in [4.69, 9.17) is 5.73 Å². The lowest BCUT2D eigenvalue weighted by Crippen LogP contribution is -2.46. The molecule has 0 radical (unpaired) electrons. The van der Waals surface area contributed by atoms with Gasteiger partial charge in [-0.2, -0.15) is 5.10 Å². The Morgan fingerprint density at radius 3 is 2.75 bits per heavy atom. The second kappa shape index (κ2) is 7.34. The Balaban J connectivity index is 1.94. The Morgan fingerprint density at radius 1 is 1.46 bits per heavy atom. The summed E-state index contributed by atoms with van der Waals surface area (Å²) in [4.78, 5) is 27.5. The first-order chi connectivity index (χ1) is 11.2. The largest absolute Gasteiger partial charge is 0.369 e. The number of carbonyl (C=O) groups is 2. The number of piperidine rings is 1. The highest BCUT2D eigenvalue weighted by Gasteiger charge is 2.29. The summed E-state index contributed by atoms with van der Waals surface area (Å²) in [6.45, 7) is 8.48. The van der Waals surface area contributed by atoms with Gasteiger partial charge in [-0.25, -0.2) is 0 Å². The van der Waals surface area contributed by atoms with Crippen molar-refractivity contribution < 1.29 is 9.59 Å². The number of likely N-dealkylation sites (tertiary alicyclic amines) is 1. The van der Waals surface area contributed by atoms with Crippen molar-refractivity contribution in [1.82, 2.24) is 20.0 Å². The van der Waals surface area contributed by atoms with Crippen LogP contribution in [0.15, 0.2) is 6.07 Å². The van der Waals surface area contributed by atoms with Crippen molar-refractivity contribution in [3.8, 4) is 0 Å². The highest BCUT2D eigenvalue weighted by molar-refractivity contribution is 5.79. The molecule has 0 unspecified atom stereocenters. The molecule has 24 heavy (non-hydrogen) atoms. The Bertz CT molecular complexity index is 590. The maximum Gasteiger partial charge on any atom is 0.231 e. The van der Waals surface area contributed by atoms with Gasteiger partial charge in [0, 0.05) is 19.0 Å². The van der Waals surface area contributed by atoms with Crippen molar-refractivity contribution in [2.75, 3.05) is 26.7 Å². The molecule has 2 amide bonds. The predicted octanol–water partition coefficient (Wildman–Crippen LogP) is 0.863. The van der Waals surface area contributed by atoms with Crippen molar-refractivity contribution in [2.24, 2.45) is 11.7 Å². The number of nitrogens with two attached hydrogens (primary N) is 1. The first kappa shape index (κ1) is 18.4. The number of nitrogens with zero attached hydrogens (tertiary/aromatic N) is 3. The molecule has 0 aromatic carbocycles. The molecule has 1 saturated heterocycles. The van der Waals surface area contributed by atoms with Gasteiger partial charge in [0.1, 0.15) is 0 Å². The number of H-pyrrole nitrogens is 1. The number of amides is 2. The quantitative estimate of drug-likeness (QED) is 0.834. The van der Waals surface area contributed by atoms with E-state index >= 15 is 0 Å². The summed E-state index contributed by atoms with van der Waals surface area (Å²) in [6, 6.07) is 2.02. The van der Waals surface area contributed by atoms with Crippen LogP contribution in [0.5, 0.6) is 0 Å². The molecular formula is C17H29N5O2. The van der Waals surface area contributed by atoms with Crippen LogP contribution in [0.1, 0.15) is 45.0 Å². The second-order valence-electron chi connectivity index (χ2n) is 7.76. The van der Waals surface area contributed by atoms with Gasteiger partial charge in [0.2, 0.25) is 11.8 Å². The monoisotopic (exact) mass is 335 g/mol. The molecule has 1 atom stereocenters. The molecule has 0 saturated carbocycles. The van der Waals surface area contributed by atoms with Gasteiger partial charge in [-0.15, -0.1) is 0 Å². The van der Waals surface area contributed by atoms with Gasteiger partial charge in [0.15, 0.2) is 0 Å². The van der Waals surface area contributed by atoms with E-state index in [1.807, 2.05) is 18.0 Å². The van der Waals surface area contributed by atoms with E-state index in [1.54, 1.807) is 4.90 Å². The van der Waals surface area contributed by atoms with E-state index in [0.717, 1.165) is 30.8 Å². The predicted molar refractivity (Wildman–Crippen MR) is 92.1 cm³/mol. The molecule has 2 heterocycles. The summed E-state index contributed by atoms with van der Waals surface area (Å²) in [5.74, 6) is -0.312. The highest BCUT2D eigenvalue weighted by Crippen LogP contribution is 2.22. The molecule has 2 rings (SSSR count). The molecule has 1 aliphatic rings. The number of primary amides is 1. The summed E-state index contributed by atoms with van der Waals surface area (Å²) >= 11 is 0. The van der Waals surface area contributed by atoms with Crippen molar-refractivity contribution in [3.63, 3.8) is 0 Å². The fourth-order valence-electron chi connectivity index (χ4n) is 3.09. The maximum absolute atomic E-state index is 12.7. The zero-order valence-electron chi connectivity index (χ0n) is 15.1. The second-order valence-corrected chi connectivity index (χ2v) is 7.76. The van der Waals surface area contributed by atoms with Crippen LogP contribution in [0, 0.1) is 5.92 Å². The van der Waals surface area contributed by atoms with E-state index < -0.39 is 0 Å². The van der Waals surface area contributed by atoms with Crippen molar-refractivity contribution >= 4 is 11.8 Å². The van der Waals surface area contributed by atoms with E-state index in [-0.39, 0.29) is 29.7 Å². The van der Waals surface area contributed by atoms with Crippen LogP contribution < -0.4 is 5.73 Å². The minimum Gasteiger partial charge on any atom is -0.369 e. The van der Waals surface area contributed by atoms with Gasteiger partial charge >= 0.3 is 0 Å². The molecule has 1 fully saturated rings. The number of nitrogens with one attached hydrogen (secondary N) is 1. The topological polar surface area (TPSA) is 95.3 Å². The molecular weight excluding hydrogens is 306 g/mol. The van der Waals surface area contributed by atoms with Crippen LogP contribution in [-0.4, -0.2) is 58.5 Å². The average molecular weight is 335 g/mol. The Kier molecular flexibility index (Phi) is 5.64. The third kappa shape index (κ3) is 4.80. The zero-order valence-corrected chi connectivity index (χ0v) is 15.1.